The minimum absolute atomic E-state index is 0.0723. The molecule has 0 unspecified atom stereocenters. The van der Waals surface area contributed by atoms with Crippen LogP contribution in [0.3, 0.4) is 0 Å². The van der Waals surface area contributed by atoms with Crippen LogP contribution in [0, 0.1) is 0 Å². The van der Waals surface area contributed by atoms with Crippen molar-refractivity contribution >= 4 is 34.8 Å². The lowest BCUT2D eigenvalue weighted by Gasteiger charge is -2.03. The van der Waals surface area contributed by atoms with E-state index >= 15 is 0 Å². The number of ether oxygens (including phenoxy) is 1. The van der Waals surface area contributed by atoms with Crippen molar-refractivity contribution < 1.29 is 9.53 Å². The molecular formula is C9H7Cl2N3O2. The number of nitrogens with zero attached hydrogens (tertiary/aromatic N) is 3. The molecule has 0 N–H and O–H groups in total. The molecule has 0 saturated heterocycles. The molecule has 0 bridgehead atoms. The van der Waals surface area contributed by atoms with E-state index in [9.17, 15) is 4.79 Å². The monoisotopic (exact) mass is 259 g/mol. The first-order valence-electron chi connectivity index (χ1n) is 4.51. The molecular weight excluding hydrogens is 253 g/mol. The number of halogens is 2. The lowest BCUT2D eigenvalue weighted by molar-refractivity contribution is 0.0512. The van der Waals surface area contributed by atoms with Gasteiger partial charge in [-0.1, -0.05) is 11.6 Å². The molecule has 84 valence electrons. The third-order valence-corrected chi connectivity index (χ3v) is 2.42. The van der Waals surface area contributed by atoms with Crippen LogP contribution in [0.5, 0.6) is 0 Å². The summed E-state index contributed by atoms with van der Waals surface area (Å²) < 4.78 is 6.20. The van der Waals surface area contributed by atoms with Gasteiger partial charge in [0.15, 0.2) is 0 Å². The normalized spacial score (nSPS) is 10.7. The van der Waals surface area contributed by atoms with Crippen molar-refractivity contribution in [3.8, 4) is 0 Å². The predicted molar refractivity (Wildman–Crippen MR) is 59.0 cm³/mol. The second kappa shape index (κ2) is 4.27. The molecule has 0 saturated carbocycles. The van der Waals surface area contributed by atoms with E-state index in [2.05, 4.69) is 9.97 Å². The Hall–Kier alpha value is -1.33. The third-order valence-electron chi connectivity index (χ3n) is 1.87. The highest BCUT2D eigenvalue weighted by molar-refractivity contribution is 6.32. The SMILES string of the molecule is CCOC(=O)c1nc(Cl)n2c(Cl)ccc2n1. The molecule has 2 aromatic rings. The molecule has 0 aliphatic carbocycles. The zero-order chi connectivity index (χ0) is 11.7. The maximum atomic E-state index is 11.4. The summed E-state index contributed by atoms with van der Waals surface area (Å²) in [4.78, 5) is 19.2. The first-order valence-corrected chi connectivity index (χ1v) is 5.26. The first-order chi connectivity index (χ1) is 7.63. The Morgan fingerprint density at radius 2 is 2.19 bits per heavy atom. The van der Waals surface area contributed by atoms with Gasteiger partial charge in [-0.3, -0.25) is 4.40 Å². The molecule has 16 heavy (non-hydrogen) atoms. The standard InChI is InChI=1S/C9H7Cl2N3O2/c1-2-16-8(15)7-12-6-4-3-5(10)14(6)9(11)13-7/h3-4H,2H2,1H3. The van der Waals surface area contributed by atoms with Crippen LogP contribution in [0.15, 0.2) is 12.1 Å². The molecule has 2 aromatic heterocycles. The third kappa shape index (κ3) is 1.83. The predicted octanol–water partition coefficient (Wildman–Crippen LogP) is 2.21. The minimum atomic E-state index is -0.607. The van der Waals surface area contributed by atoms with Gasteiger partial charge < -0.3 is 4.74 Å². The lowest BCUT2D eigenvalue weighted by atomic mass is 10.6. The summed E-state index contributed by atoms with van der Waals surface area (Å²) in [7, 11) is 0. The van der Waals surface area contributed by atoms with Gasteiger partial charge in [-0.15, -0.1) is 0 Å². The van der Waals surface area contributed by atoms with E-state index in [0.29, 0.717) is 10.8 Å². The zero-order valence-electron chi connectivity index (χ0n) is 8.28. The summed E-state index contributed by atoms with van der Waals surface area (Å²) >= 11 is 11.7. The van der Waals surface area contributed by atoms with Crippen molar-refractivity contribution in [3.05, 3.63) is 28.4 Å². The average molecular weight is 260 g/mol. The fourth-order valence-corrected chi connectivity index (χ4v) is 1.76. The van der Waals surface area contributed by atoms with E-state index in [1.54, 1.807) is 19.1 Å². The summed E-state index contributed by atoms with van der Waals surface area (Å²) in [6.45, 7) is 1.96. The van der Waals surface area contributed by atoms with Crippen LogP contribution in [0.1, 0.15) is 17.5 Å². The highest BCUT2D eigenvalue weighted by atomic mass is 35.5. The second-order valence-corrected chi connectivity index (χ2v) is 3.61. The highest BCUT2D eigenvalue weighted by Gasteiger charge is 2.15. The van der Waals surface area contributed by atoms with Crippen LogP contribution < -0.4 is 0 Å². The number of rotatable bonds is 2. The molecule has 0 aliphatic rings. The van der Waals surface area contributed by atoms with Crippen molar-refractivity contribution in [3.63, 3.8) is 0 Å². The van der Waals surface area contributed by atoms with E-state index in [0.717, 1.165) is 0 Å². The molecule has 7 heteroatoms. The van der Waals surface area contributed by atoms with E-state index in [1.165, 1.54) is 4.40 Å². The van der Waals surface area contributed by atoms with Crippen molar-refractivity contribution in [2.45, 2.75) is 6.92 Å². The Bertz CT molecular complexity index is 553. The molecule has 0 aliphatic heterocycles. The quantitative estimate of drug-likeness (QED) is 0.777. The van der Waals surface area contributed by atoms with Gasteiger partial charge in [-0.05, 0) is 30.7 Å². The number of carbonyl (C=O) groups is 1. The number of aromatic nitrogens is 3. The minimum Gasteiger partial charge on any atom is -0.460 e. The molecule has 0 fully saturated rings. The van der Waals surface area contributed by atoms with Crippen LogP contribution in [0.25, 0.3) is 5.65 Å². The average Bonchev–Trinajstić information content (AvgIpc) is 2.61. The van der Waals surface area contributed by atoms with Gasteiger partial charge in [0.2, 0.25) is 11.1 Å². The molecule has 0 radical (unpaired) electrons. The van der Waals surface area contributed by atoms with Crippen LogP contribution in [-0.4, -0.2) is 26.9 Å². The summed E-state index contributed by atoms with van der Waals surface area (Å²) in [6.07, 6.45) is 0. The summed E-state index contributed by atoms with van der Waals surface area (Å²) in [5.74, 6) is -0.682. The van der Waals surface area contributed by atoms with Gasteiger partial charge in [0.05, 0.1) is 6.61 Å². The van der Waals surface area contributed by atoms with E-state index in [1.807, 2.05) is 0 Å². The van der Waals surface area contributed by atoms with Crippen molar-refractivity contribution in [2.75, 3.05) is 6.61 Å². The largest absolute Gasteiger partial charge is 0.460 e. The topological polar surface area (TPSA) is 56.5 Å². The van der Waals surface area contributed by atoms with Crippen molar-refractivity contribution in [2.24, 2.45) is 0 Å². The second-order valence-electron chi connectivity index (χ2n) is 2.89. The fourth-order valence-electron chi connectivity index (χ4n) is 1.23. The maximum Gasteiger partial charge on any atom is 0.376 e. The van der Waals surface area contributed by atoms with Gasteiger partial charge in [-0.25, -0.2) is 9.78 Å². The Morgan fingerprint density at radius 3 is 2.88 bits per heavy atom. The Labute approximate surface area is 101 Å². The van der Waals surface area contributed by atoms with Crippen LogP contribution >= 0.6 is 23.2 Å². The first kappa shape index (κ1) is 11.2. The lowest BCUT2D eigenvalue weighted by Crippen LogP contribution is -2.11. The Morgan fingerprint density at radius 1 is 1.44 bits per heavy atom. The number of hydrogen-bond donors (Lipinski definition) is 0. The van der Waals surface area contributed by atoms with Gasteiger partial charge in [0, 0.05) is 0 Å². The number of carbonyl (C=O) groups excluding carboxylic acids is 1. The molecule has 0 atom stereocenters. The molecule has 2 rings (SSSR count). The number of hydrogen-bond acceptors (Lipinski definition) is 4. The van der Waals surface area contributed by atoms with Gasteiger partial charge >= 0.3 is 5.97 Å². The zero-order valence-corrected chi connectivity index (χ0v) is 9.79. The van der Waals surface area contributed by atoms with E-state index < -0.39 is 5.97 Å². The van der Waals surface area contributed by atoms with E-state index in [-0.39, 0.29) is 17.7 Å². The molecule has 2 heterocycles. The van der Waals surface area contributed by atoms with Gasteiger partial charge in [-0.2, -0.15) is 4.98 Å². The van der Waals surface area contributed by atoms with Gasteiger partial charge in [0.1, 0.15) is 10.8 Å². The number of fused-ring (bicyclic) bond motifs is 1. The van der Waals surface area contributed by atoms with Crippen molar-refractivity contribution in [1.82, 2.24) is 14.4 Å². The van der Waals surface area contributed by atoms with Crippen molar-refractivity contribution in [1.29, 1.82) is 0 Å². The molecule has 0 amide bonds. The summed E-state index contributed by atoms with van der Waals surface area (Å²) in [6, 6.07) is 3.25. The Kier molecular flexibility index (Phi) is 2.98. The van der Waals surface area contributed by atoms with Gasteiger partial charge in [0.25, 0.3) is 0 Å². The van der Waals surface area contributed by atoms with Crippen LogP contribution in [0.2, 0.25) is 10.4 Å². The number of esters is 1. The highest BCUT2D eigenvalue weighted by Crippen LogP contribution is 2.18. The Balaban J connectivity index is 2.54. The van der Waals surface area contributed by atoms with E-state index in [4.69, 9.17) is 27.9 Å². The maximum absolute atomic E-state index is 11.4. The summed E-state index contributed by atoms with van der Waals surface area (Å²) in [5.41, 5.74) is 0.452. The summed E-state index contributed by atoms with van der Waals surface area (Å²) in [5, 5.41) is 0.457. The van der Waals surface area contributed by atoms with Crippen LogP contribution in [0.4, 0.5) is 0 Å². The molecule has 0 aromatic carbocycles. The van der Waals surface area contributed by atoms with Crippen LogP contribution in [-0.2, 0) is 4.74 Å². The molecule has 5 nitrogen and oxygen atoms in total. The fraction of sp³-hybridized carbons (Fsp3) is 0.222. The smallest absolute Gasteiger partial charge is 0.376 e. The molecule has 0 spiro atoms.